The molecule has 3 heterocycles. The number of halogens is 1. The quantitative estimate of drug-likeness (QED) is 0.729. The Morgan fingerprint density at radius 2 is 2.00 bits per heavy atom. The number of ether oxygens (including phenoxy) is 1. The van der Waals surface area contributed by atoms with Crippen LogP contribution in [0.2, 0.25) is 0 Å². The second-order valence-corrected chi connectivity index (χ2v) is 5.31. The zero-order chi connectivity index (χ0) is 14.9. The fourth-order valence-corrected chi connectivity index (χ4v) is 2.76. The molecule has 22 heavy (non-hydrogen) atoms. The number of benzene rings is 1. The Kier molecular flexibility index (Phi) is 3.23. The maximum atomic E-state index is 13.0. The van der Waals surface area contributed by atoms with Crippen LogP contribution in [-0.2, 0) is 4.74 Å². The molecule has 0 spiro atoms. The van der Waals surface area contributed by atoms with Crippen LogP contribution in [0.5, 0.6) is 0 Å². The van der Waals surface area contributed by atoms with Gasteiger partial charge in [0, 0.05) is 13.1 Å². The highest BCUT2D eigenvalue weighted by molar-refractivity contribution is 5.51. The van der Waals surface area contributed by atoms with Gasteiger partial charge in [-0.05, 0) is 29.8 Å². The fourth-order valence-electron chi connectivity index (χ4n) is 2.76. The number of fused-ring (bicyclic) bond motifs is 1. The standard InChI is InChI=1S/C16H15FN4O/c17-13-3-1-12(2-4-13)15-10-20(7-8-22-15)14-5-6-16-18-11-19-21(16)9-14/h1-6,9,11,15H,7-8,10H2/t15-/m1/s1. The number of hydrogen-bond donors (Lipinski definition) is 0. The molecular formula is C16H15FN4O. The third kappa shape index (κ3) is 2.42. The van der Waals surface area contributed by atoms with E-state index in [2.05, 4.69) is 15.0 Å². The highest BCUT2D eigenvalue weighted by atomic mass is 19.1. The molecule has 0 bridgehead atoms. The SMILES string of the molecule is Fc1ccc([C@H]2CN(c3ccc4ncnn4c3)CCO2)cc1. The van der Waals surface area contributed by atoms with Gasteiger partial charge in [0.05, 0.1) is 18.5 Å². The molecule has 0 amide bonds. The van der Waals surface area contributed by atoms with Gasteiger partial charge in [-0.15, -0.1) is 0 Å². The van der Waals surface area contributed by atoms with Gasteiger partial charge in [0.25, 0.3) is 0 Å². The van der Waals surface area contributed by atoms with E-state index in [0.29, 0.717) is 6.61 Å². The highest BCUT2D eigenvalue weighted by Crippen LogP contribution is 2.26. The number of anilines is 1. The first-order valence-electron chi connectivity index (χ1n) is 7.21. The van der Waals surface area contributed by atoms with Gasteiger partial charge in [0.1, 0.15) is 18.2 Å². The predicted molar refractivity (Wildman–Crippen MR) is 80.3 cm³/mol. The minimum Gasteiger partial charge on any atom is -0.370 e. The van der Waals surface area contributed by atoms with Crippen LogP contribution < -0.4 is 4.90 Å². The summed E-state index contributed by atoms with van der Waals surface area (Å²) in [6.07, 6.45) is 3.45. The van der Waals surface area contributed by atoms with E-state index in [1.165, 1.54) is 12.1 Å². The van der Waals surface area contributed by atoms with E-state index in [-0.39, 0.29) is 11.9 Å². The summed E-state index contributed by atoms with van der Waals surface area (Å²) >= 11 is 0. The van der Waals surface area contributed by atoms with Gasteiger partial charge in [0.2, 0.25) is 0 Å². The lowest BCUT2D eigenvalue weighted by Crippen LogP contribution is -2.38. The zero-order valence-corrected chi connectivity index (χ0v) is 11.9. The van der Waals surface area contributed by atoms with Crippen molar-refractivity contribution < 1.29 is 9.13 Å². The van der Waals surface area contributed by atoms with E-state index in [1.54, 1.807) is 23.0 Å². The van der Waals surface area contributed by atoms with Crippen LogP contribution in [0.1, 0.15) is 11.7 Å². The summed E-state index contributed by atoms with van der Waals surface area (Å²) in [6.45, 7) is 2.18. The van der Waals surface area contributed by atoms with Crippen molar-refractivity contribution in [1.82, 2.24) is 14.6 Å². The Bertz CT molecular complexity index is 786. The van der Waals surface area contributed by atoms with Crippen LogP contribution in [-0.4, -0.2) is 34.3 Å². The summed E-state index contributed by atoms with van der Waals surface area (Å²) in [5, 5.41) is 4.17. The van der Waals surface area contributed by atoms with Crippen molar-refractivity contribution >= 4 is 11.3 Å². The number of nitrogens with zero attached hydrogens (tertiary/aromatic N) is 4. The molecule has 1 aliphatic rings. The lowest BCUT2D eigenvalue weighted by molar-refractivity contribution is 0.0397. The molecule has 1 atom stereocenters. The summed E-state index contributed by atoms with van der Waals surface area (Å²) in [6, 6.07) is 10.5. The van der Waals surface area contributed by atoms with Crippen LogP contribution >= 0.6 is 0 Å². The van der Waals surface area contributed by atoms with Gasteiger partial charge >= 0.3 is 0 Å². The molecule has 6 heteroatoms. The van der Waals surface area contributed by atoms with Crippen LogP contribution in [0.25, 0.3) is 5.65 Å². The van der Waals surface area contributed by atoms with Gasteiger partial charge in [-0.2, -0.15) is 5.10 Å². The fraction of sp³-hybridized carbons (Fsp3) is 0.250. The van der Waals surface area contributed by atoms with Crippen LogP contribution in [0.15, 0.2) is 48.9 Å². The second kappa shape index (κ2) is 5.38. The summed E-state index contributed by atoms with van der Waals surface area (Å²) < 4.78 is 20.6. The average Bonchev–Trinajstić information content (AvgIpc) is 3.03. The molecule has 1 aliphatic heterocycles. The van der Waals surface area contributed by atoms with Crippen molar-refractivity contribution in [3.8, 4) is 0 Å². The van der Waals surface area contributed by atoms with E-state index in [1.807, 2.05) is 18.3 Å². The molecule has 1 saturated heterocycles. The number of pyridine rings is 1. The summed E-state index contributed by atoms with van der Waals surface area (Å²) in [5.41, 5.74) is 2.90. The van der Waals surface area contributed by atoms with Crippen molar-refractivity contribution in [2.45, 2.75) is 6.10 Å². The van der Waals surface area contributed by atoms with Gasteiger partial charge in [-0.3, -0.25) is 0 Å². The third-order valence-electron chi connectivity index (χ3n) is 3.93. The van der Waals surface area contributed by atoms with Crippen molar-refractivity contribution in [2.24, 2.45) is 0 Å². The normalized spacial score (nSPS) is 18.8. The van der Waals surface area contributed by atoms with Crippen LogP contribution in [0.4, 0.5) is 10.1 Å². The third-order valence-corrected chi connectivity index (χ3v) is 3.93. The molecular weight excluding hydrogens is 283 g/mol. The Morgan fingerprint density at radius 3 is 2.86 bits per heavy atom. The molecule has 0 N–H and O–H groups in total. The summed E-state index contributed by atoms with van der Waals surface area (Å²) in [4.78, 5) is 6.40. The lowest BCUT2D eigenvalue weighted by Gasteiger charge is -2.34. The molecule has 1 aromatic carbocycles. The molecule has 1 fully saturated rings. The van der Waals surface area contributed by atoms with Crippen LogP contribution in [0.3, 0.4) is 0 Å². The van der Waals surface area contributed by atoms with E-state index >= 15 is 0 Å². The molecule has 5 nitrogen and oxygen atoms in total. The Hall–Kier alpha value is -2.47. The first kappa shape index (κ1) is 13.2. The maximum absolute atomic E-state index is 13.0. The predicted octanol–water partition coefficient (Wildman–Crippen LogP) is 2.45. The van der Waals surface area contributed by atoms with Crippen molar-refractivity contribution in [3.63, 3.8) is 0 Å². The Labute approximate surface area is 127 Å². The number of rotatable bonds is 2. The molecule has 2 aromatic heterocycles. The monoisotopic (exact) mass is 298 g/mol. The Balaban J connectivity index is 1.58. The smallest absolute Gasteiger partial charge is 0.155 e. The highest BCUT2D eigenvalue weighted by Gasteiger charge is 2.22. The first-order chi connectivity index (χ1) is 10.8. The number of hydrogen-bond acceptors (Lipinski definition) is 4. The number of aromatic nitrogens is 3. The largest absolute Gasteiger partial charge is 0.370 e. The lowest BCUT2D eigenvalue weighted by atomic mass is 10.1. The second-order valence-electron chi connectivity index (χ2n) is 5.31. The van der Waals surface area contributed by atoms with Crippen molar-refractivity contribution in [1.29, 1.82) is 0 Å². The molecule has 0 unspecified atom stereocenters. The van der Waals surface area contributed by atoms with Gasteiger partial charge in [-0.25, -0.2) is 13.9 Å². The molecule has 0 saturated carbocycles. The topological polar surface area (TPSA) is 42.7 Å². The number of morpholine rings is 1. The summed E-state index contributed by atoms with van der Waals surface area (Å²) in [7, 11) is 0. The van der Waals surface area contributed by atoms with Gasteiger partial charge < -0.3 is 9.64 Å². The minimum absolute atomic E-state index is 0.0548. The average molecular weight is 298 g/mol. The van der Waals surface area contributed by atoms with E-state index in [9.17, 15) is 4.39 Å². The maximum Gasteiger partial charge on any atom is 0.155 e. The van der Waals surface area contributed by atoms with Gasteiger partial charge in [0.15, 0.2) is 5.65 Å². The Morgan fingerprint density at radius 1 is 1.14 bits per heavy atom. The van der Waals surface area contributed by atoms with E-state index in [0.717, 1.165) is 30.0 Å². The van der Waals surface area contributed by atoms with Crippen molar-refractivity contribution in [3.05, 3.63) is 60.3 Å². The zero-order valence-electron chi connectivity index (χ0n) is 11.9. The first-order valence-corrected chi connectivity index (χ1v) is 7.21. The molecule has 0 aliphatic carbocycles. The van der Waals surface area contributed by atoms with E-state index in [4.69, 9.17) is 4.74 Å². The molecule has 3 aromatic rings. The summed E-state index contributed by atoms with van der Waals surface area (Å²) in [5.74, 6) is -0.229. The van der Waals surface area contributed by atoms with Crippen molar-refractivity contribution in [2.75, 3.05) is 24.6 Å². The van der Waals surface area contributed by atoms with E-state index < -0.39 is 0 Å². The molecule has 4 rings (SSSR count). The molecule has 0 radical (unpaired) electrons. The van der Waals surface area contributed by atoms with Gasteiger partial charge in [-0.1, -0.05) is 12.1 Å². The van der Waals surface area contributed by atoms with Crippen LogP contribution in [0, 0.1) is 5.82 Å². The molecule has 112 valence electrons. The minimum atomic E-state index is -0.229.